The van der Waals surface area contributed by atoms with Gasteiger partial charge < -0.3 is 41.6 Å². The Kier molecular flexibility index (Phi) is 13.5. The molecule has 6 amide bonds. The number of para-hydroxylation sites is 1. The third-order valence-corrected chi connectivity index (χ3v) is 11.4. The fourth-order valence-electron chi connectivity index (χ4n) is 8.13. The first-order valence-corrected chi connectivity index (χ1v) is 20.7. The molecule has 0 saturated carbocycles. The summed E-state index contributed by atoms with van der Waals surface area (Å²) in [4.78, 5) is 91.1. The highest BCUT2D eigenvalue weighted by atomic mass is 16.3. The molecule has 14 nitrogen and oxygen atoms in total. The molecule has 1 aromatic heterocycles. The summed E-state index contributed by atoms with van der Waals surface area (Å²) in [6.45, 7) is 1.56. The van der Waals surface area contributed by atoms with Crippen molar-refractivity contribution < 1.29 is 33.9 Å². The van der Waals surface area contributed by atoms with Crippen LogP contribution in [0.15, 0.2) is 121 Å². The summed E-state index contributed by atoms with van der Waals surface area (Å²) < 4.78 is 0. The largest absolute Gasteiger partial charge is 0.391 e. The molecule has 5 aromatic rings. The SMILES string of the molecule is C[C@H](O)[C@@H]1NC(=O)[C@H](Cc2ccccc2)NC(=O)[C@@H](Cc2c[nH]c3ccccc23)NC(=O)[C@H](Cc2ccccc2)NC(=O)[C@@H]2CCCN2C(=O)[C@H](Cc2ccccc2)NC1=O. The second kappa shape index (κ2) is 19.5. The zero-order valence-corrected chi connectivity index (χ0v) is 33.9. The molecule has 316 valence electrons. The van der Waals surface area contributed by atoms with Crippen LogP contribution in [0.1, 0.15) is 42.0 Å². The van der Waals surface area contributed by atoms with Gasteiger partial charge in [-0.3, -0.25) is 28.8 Å². The van der Waals surface area contributed by atoms with Crippen molar-refractivity contribution in [2.75, 3.05) is 6.54 Å². The van der Waals surface area contributed by atoms with E-state index in [0.29, 0.717) is 18.4 Å². The zero-order chi connectivity index (χ0) is 42.9. The van der Waals surface area contributed by atoms with E-state index in [4.69, 9.17) is 0 Å². The van der Waals surface area contributed by atoms with Gasteiger partial charge in [0, 0.05) is 49.3 Å². The van der Waals surface area contributed by atoms with Crippen LogP contribution in [0.25, 0.3) is 10.9 Å². The Labute approximate surface area is 353 Å². The Hall–Kier alpha value is -6.80. The normalized spacial score (nSPS) is 23.7. The number of rotatable bonds is 9. The Balaban J connectivity index is 1.29. The number of carbonyl (C=O) groups is 6. The van der Waals surface area contributed by atoms with E-state index in [1.165, 1.54) is 11.8 Å². The summed E-state index contributed by atoms with van der Waals surface area (Å²) in [5, 5.41) is 25.9. The Morgan fingerprint density at radius 1 is 0.557 bits per heavy atom. The van der Waals surface area contributed by atoms with Crippen molar-refractivity contribution in [3.05, 3.63) is 144 Å². The van der Waals surface area contributed by atoms with Crippen molar-refractivity contribution in [2.24, 2.45) is 0 Å². The van der Waals surface area contributed by atoms with Crippen LogP contribution < -0.4 is 26.6 Å². The first-order chi connectivity index (χ1) is 29.5. The molecule has 2 aliphatic rings. The van der Waals surface area contributed by atoms with Crippen molar-refractivity contribution in [1.29, 1.82) is 0 Å². The number of benzene rings is 4. The molecule has 0 spiro atoms. The lowest BCUT2D eigenvalue weighted by Gasteiger charge is -2.32. The van der Waals surface area contributed by atoms with Crippen LogP contribution in [-0.4, -0.2) is 99.3 Å². The highest BCUT2D eigenvalue weighted by Crippen LogP contribution is 2.22. The Bertz CT molecular complexity index is 2340. The average molecular weight is 826 g/mol. The summed E-state index contributed by atoms with van der Waals surface area (Å²) in [5.74, 6) is -3.99. The van der Waals surface area contributed by atoms with E-state index in [2.05, 4.69) is 31.6 Å². The summed E-state index contributed by atoms with van der Waals surface area (Å²) >= 11 is 0. The number of nitrogens with one attached hydrogen (secondary N) is 6. The quantitative estimate of drug-likeness (QED) is 0.118. The van der Waals surface area contributed by atoms with E-state index in [1.54, 1.807) is 42.6 Å². The minimum Gasteiger partial charge on any atom is -0.391 e. The van der Waals surface area contributed by atoms with E-state index in [1.807, 2.05) is 78.9 Å². The average Bonchev–Trinajstić information content (AvgIpc) is 3.93. The maximum absolute atomic E-state index is 14.6. The van der Waals surface area contributed by atoms with Gasteiger partial charge in [-0.15, -0.1) is 0 Å². The van der Waals surface area contributed by atoms with Gasteiger partial charge in [0.05, 0.1) is 6.10 Å². The van der Waals surface area contributed by atoms with Gasteiger partial charge in [-0.1, -0.05) is 109 Å². The molecule has 2 fully saturated rings. The van der Waals surface area contributed by atoms with E-state index in [0.717, 1.165) is 27.6 Å². The van der Waals surface area contributed by atoms with E-state index >= 15 is 0 Å². The highest BCUT2D eigenvalue weighted by molar-refractivity contribution is 5.99. The lowest BCUT2D eigenvalue weighted by Crippen LogP contribution is -2.63. The second-order valence-electron chi connectivity index (χ2n) is 15.8. The molecule has 61 heavy (non-hydrogen) atoms. The number of hydrogen-bond donors (Lipinski definition) is 7. The van der Waals surface area contributed by atoms with Crippen LogP contribution in [0.5, 0.6) is 0 Å². The first kappa shape index (κ1) is 42.3. The zero-order valence-electron chi connectivity index (χ0n) is 33.9. The molecule has 7 rings (SSSR count). The smallest absolute Gasteiger partial charge is 0.246 e. The third kappa shape index (κ3) is 10.5. The molecule has 4 aromatic carbocycles. The fourth-order valence-corrected chi connectivity index (χ4v) is 8.13. The van der Waals surface area contributed by atoms with Gasteiger partial charge in [0.1, 0.15) is 36.3 Å². The van der Waals surface area contributed by atoms with Crippen LogP contribution in [0, 0.1) is 0 Å². The van der Waals surface area contributed by atoms with Crippen LogP contribution in [0.4, 0.5) is 0 Å². The second-order valence-corrected chi connectivity index (χ2v) is 15.8. The first-order valence-electron chi connectivity index (χ1n) is 20.7. The Morgan fingerprint density at radius 3 is 1.57 bits per heavy atom. The third-order valence-electron chi connectivity index (χ3n) is 11.4. The predicted octanol–water partition coefficient (Wildman–Crippen LogP) is 2.25. The molecule has 7 N–H and O–H groups in total. The van der Waals surface area contributed by atoms with Crippen LogP contribution >= 0.6 is 0 Å². The van der Waals surface area contributed by atoms with Gasteiger partial charge in [0.2, 0.25) is 35.4 Å². The van der Waals surface area contributed by atoms with E-state index in [9.17, 15) is 33.9 Å². The molecule has 0 unspecified atom stereocenters. The summed E-state index contributed by atoms with van der Waals surface area (Å²) in [6, 6.07) is 27.3. The monoisotopic (exact) mass is 825 g/mol. The number of aliphatic hydroxyl groups is 1. The molecule has 0 radical (unpaired) electrons. The fraction of sp³-hybridized carbons (Fsp3) is 0.319. The number of aromatic amines is 1. The number of fused-ring (bicyclic) bond motifs is 2. The lowest BCUT2D eigenvalue weighted by molar-refractivity contribution is -0.143. The van der Waals surface area contributed by atoms with Gasteiger partial charge >= 0.3 is 0 Å². The molecular formula is C47H51N7O7. The van der Waals surface area contributed by atoms with Crippen LogP contribution in [0.2, 0.25) is 0 Å². The highest BCUT2D eigenvalue weighted by Gasteiger charge is 2.41. The van der Waals surface area contributed by atoms with Crippen molar-refractivity contribution in [1.82, 2.24) is 36.5 Å². The molecular weight excluding hydrogens is 775 g/mol. The van der Waals surface area contributed by atoms with Gasteiger partial charge in [-0.2, -0.15) is 0 Å². The standard InChI is InChI=1S/C47H51N7O7/c1-29(55)41-46(60)52-39(26-32-18-9-4-10-19-32)47(61)54-23-13-22-40(54)45(59)51-36(24-30-14-5-2-6-15-30)42(56)50-38(27-33-28-48-35-21-12-11-20-34(33)35)43(57)49-37(44(58)53-41)25-31-16-7-3-8-17-31/h2-12,14-21,28-29,36-41,48,55H,13,22-27H2,1H3,(H,49,57)(H,50,56)(H,51,59)(H,52,60)(H,53,58)/t29-,36-,37-,38+,39-,40-,41-/m0/s1. The molecule has 3 heterocycles. The maximum Gasteiger partial charge on any atom is 0.246 e. The van der Waals surface area contributed by atoms with Crippen molar-refractivity contribution in [3.63, 3.8) is 0 Å². The van der Waals surface area contributed by atoms with Crippen LogP contribution in [0.3, 0.4) is 0 Å². The van der Waals surface area contributed by atoms with Gasteiger partial charge in [-0.25, -0.2) is 0 Å². The minimum atomic E-state index is -1.54. The topological polar surface area (TPSA) is 202 Å². The number of hydrogen-bond acceptors (Lipinski definition) is 7. The van der Waals surface area contributed by atoms with Crippen molar-refractivity contribution >= 4 is 46.3 Å². The van der Waals surface area contributed by atoms with Gasteiger partial charge in [0.25, 0.3) is 0 Å². The number of carbonyl (C=O) groups excluding carboxylic acids is 6. The van der Waals surface area contributed by atoms with Gasteiger partial charge in [0.15, 0.2) is 0 Å². The molecule has 2 saturated heterocycles. The molecule has 7 atom stereocenters. The number of H-pyrrole nitrogens is 1. The number of aromatic nitrogens is 1. The maximum atomic E-state index is 14.6. The van der Waals surface area contributed by atoms with Crippen molar-refractivity contribution in [2.45, 2.75) is 87.8 Å². The molecule has 14 heteroatoms. The number of amides is 6. The lowest BCUT2D eigenvalue weighted by atomic mass is 9.99. The molecule has 2 aliphatic heterocycles. The van der Waals surface area contributed by atoms with E-state index < -0.39 is 77.8 Å². The molecule has 0 bridgehead atoms. The molecule has 0 aliphatic carbocycles. The van der Waals surface area contributed by atoms with Crippen LogP contribution in [-0.2, 0) is 54.5 Å². The summed E-state index contributed by atoms with van der Waals surface area (Å²) in [7, 11) is 0. The van der Waals surface area contributed by atoms with E-state index in [-0.39, 0.29) is 32.2 Å². The summed E-state index contributed by atoms with van der Waals surface area (Å²) in [5.41, 5.74) is 3.72. The van der Waals surface area contributed by atoms with Gasteiger partial charge in [-0.05, 0) is 48.1 Å². The summed E-state index contributed by atoms with van der Waals surface area (Å²) in [6.07, 6.45) is 1.29. The van der Waals surface area contributed by atoms with Crippen molar-refractivity contribution in [3.8, 4) is 0 Å². The minimum absolute atomic E-state index is 0.00152. The Morgan fingerprint density at radius 2 is 1.02 bits per heavy atom. The number of aliphatic hydroxyl groups excluding tert-OH is 1. The predicted molar refractivity (Wildman–Crippen MR) is 229 cm³/mol. The number of nitrogens with zero attached hydrogens (tertiary/aromatic N) is 1.